The largest absolute Gasteiger partial charge is 0.395 e. The standard InChI is InChI=1S/C26H34N8O3/c1-18(36)21-15-19-16-28-26(31-24(19)25(29-21)33-8-3-2-4-9-33)30-22-6-5-20(17-27-22)34-12-11-32(13-14-35)10-7-23(34)37/h5-6,15-18,35-36H,2-4,7-14H2,1H3,(H,27,28,30,31)/t18-/m1/s1. The minimum atomic E-state index is -0.678. The van der Waals surface area contributed by atoms with Gasteiger partial charge in [-0.25, -0.2) is 19.9 Å². The Labute approximate surface area is 216 Å². The first kappa shape index (κ1) is 25.2. The summed E-state index contributed by atoms with van der Waals surface area (Å²) in [5.41, 5.74) is 2.09. The van der Waals surface area contributed by atoms with Gasteiger partial charge in [0.1, 0.15) is 11.3 Å². The zero-order valence-corrected chi connectivity index (χ0v) is 21.2. The zero-order valence-electron chi connectivity index (χ0n) is 21.2. The van der Waals surface area contributed by atoms with Crippen LogP contribution in [0.25, 0.3) is 10.9 Å². The van der Waals surface area contributed by atoms with E-state index in [0.717, 1.165) is 48.3 Å². The maximum atomic E-state index is 12.6. The fourth-order valence-corrected chi connectivity index (χ4v) is 4.88. The lowest BCUT2D eigenvalue weighted by Crippen LogP contribution is -2.34. The topological polar surface area (TPSA) is 131 Å². The molecule has 0 spiro atoms. The fraction of sp³-hybridized carbons (Fsp3) is 0.500. The number of pyridine rings is 2. The van der Waals surface area contributed by atoms with E-state index in [2.05, 4.69) is 25.1 Å². The molecule has 3 N–H and O–H groups in total. The molecule has 37 heavy (non-hydrogen) atoms. The first-order chi connectivity index (χ1) is 18.0. The summed E-state index contributed by atoms with van der Waals surface area (Å²) in [6.45, 7) is 6.11. The highest BCUT2D eigenvalue weighted by molar-refractivity contribution is 5.93. The van der Waals surface area contributed by atoms with E-state index < -0.39 is 6.10 Å². The predicted molar refractivity (Wildman–Crippen MR) is 142 cm³/mol. The number of fused-ring (bicyclic) bond motifs is 1. The summed E-state index contributed by atoms with van der Waals surface area (Å²) in [7, 11) is 0. The van der Waals surface area contributed by atoms with Crippen LogP contribution in [0, 0.1) is 0 Å². The average molecular weight is 507 g/mol. The van der Waals surface area contributed by atoms with Crippen molar-refractivity contribution in [2.45, 2.75) is 38.7 Å². The molecule has 5 heterocycles. The molecule has 1 amide bonds. The second-order valence-electron chi connectivity index (χ2n) is 9.61. The number of rotatable bonds is 7. The van der Waals surface area contributed by atoms with Crippen molar-refractivity contribution >= 4 is 40.1 Å². The Balaban J connectivity index is 1.36. The van der Waals surface area contributed by atoms with E-state index in [1.165, 1.54) is 6.42 Å². The average Bonchev–Trinajstić information content (AvgIpc) is 3.10. The van der Waals surface area contributed by atoms with Crippen LogP contribution in [0.5, 0.6) is 0 Å². The third-order valence-corrected chi connectivity index (χ3v) is 6.95. The number of aliphatic hydroxyl groups excluding tert-OH is 2. The SMILES string of the molecule is C[C@@H](O)c1cc2cnc(Nc3ccc(N4CCN(CCO)CCC4=O)cn3)nc2c(N2CCCCC2)n1. The van der Waals surface area contributed by atoms with Gasteiger partial charge in [-0.15, -0.1) is 0 Å². The van der Waals surface area contributed by atoms with Crippen molar-refractivity contribution in [2.24, 2.45) is 0 Å². The van der Waals surface area contributed by atoms with Gasteiger partial charge < -0.3 is 25.3 Å². The van der Waals surface area contributed by atoms with Crippen LogP contribution in [-0.4, -0.2) is 86.8 Å². The minimum Gasteiger partial charge on any atom is -0.395 e. The fourth-order valence-electron chi connectivity index (χ4n) is 4.88. The third-order valence-electron chi connectivity index (χ3n) is 6.95. The van der Waals surface area contributed by atoms with Crippen molar-refractivity contribution in [1.29, 1.82) is 0 Å². The first-order valence-corrected chi connectivity index (χ1v) is 13.0. The molecule has 2 aliphatic rings. The van der Waals surface area contributed by atoms with Gasteiger partial charge in [-0.2, -0.15) is 0 Å². The number of hydrogen-bond acceptors (Lipinski definition) is 10. The number of anilines is 4. The highest BCUT2D eigenvalue weighted by Crippen LogP contribution is 2.29. The number of nitrogens with one attached hydrogen (secondary N) is 1. The maximum Gasteiger partial charge on any atom is 0.229 e. The maximum absolute atomic E-state index is 12.6. The molecule has 2 fully saturated rings. The molecule has 3 aromatic rings. The van der Waals surface area contributed by atoms with Crippen molar-refractivity contribution in [3.63, 3.8) is 0 Å². The van der Waals surface area contributed by atoms with Crippen molar-refractivity contribution in [3.8, 4) is 0 Å². The summed E-state index contributed by atoms with van der Waals surface area (Å²) in [6.07, 6.45) is 6.57. The number of carbonyl (C=O) groups is 1. The molecule has 11 nitrogen and oxygen atoms in total. The molecule has 0 aromatic carbocycles. The summed E-state index contributed by atoms with van der Waals surface area (Å²) in [5, 5.41) is 23.4. The summed E-state index contributed by atoms with van der Waals surface area (Å²) < 4.78 is 0. The number of nitrogens with zero attached hydrogens (tertiary/aromatic N) is 7. The second-order valence-corrected chi connectivity index (χ2v) is 9.61. The number of β-amino-alcohol motifs (C(OH)–C–C–N with tert-alkyl or cyclic N) is 1. The molecule has 2 aliphatic heterocycles. The van der Waals surface area contributed by atoms with Crippen LogP contribution >= 0.6 is 0 Å². The second kappa shape index (κ2) is 11.3. The highest BCUT2D eigenvalue weighted by Gasteiger charge is 2.23. The van der Waals surface area contributed by atoms with E-state index >= 15 is 0 Å². The summed E-state index contributed by atoms with van der Waals surface area (Å²) in [6, 6.07) is 5.52. The molecule has 3 aromatic heterocycles. The highest BCUT2D eigenvalue weighted by atomic mass is 16.3. The number of aliphatic hydroxyl groups is 2. The number of carbonyl (C=O) groups excluding carboxylic acids is 1. The van der Waals surface area contributed by atoms with E-state index in [1.807, 2.05) is 18.2 Å². The third kappa shape index (κ3) is 5.79. The summed E-state index contributed by atoms with van der Waals surface area (Å²) >= 11 is 0. The van der Waals surface area contributed by atoms with Gasteiger partial charge in [0.15, 0.2) is 5.82 Å². The Morgan fingerprint density at radius 1 is 1.03 bits per heavy atom. The van der Waals surface area contributed by atoms with E-state index in [9.17, 15) is 15.0 Å². The molecule has 0 radical (unpaired) electrons. The van der Waals surface area contributed by atoms with Gasteiger partial charge in [0.2, 0.25) is 11.9 Å². The van der Waals surface area contributed by atoms with Gasteiger partial charge >= 0.3 is 0 Å². The number of amides is 1. The Morgan fingerprint density at radius 3 is 2.59 bits per heavy atom. The summed E-state index contributed by atoms with van der Waals surface area (Å²) in [5.74, 6) is 1.80. The van der Waals surface area contributed by atoms with Crippen molar-refractivity contribution < 1.29 is 15.0 Å². The van der Waals surface area contributed by atoms with Gasteiger partial charge in [0, 0.05) is 57.3 Å². The van der Waals surface area contributed by atoms with Crippen molar-refractivity contribution in [2.75, 3.05) is 61.0 Å². The molecule has 11 heteroatoms. The monoisotopic (exact) mass is 506 g/mol. The smallest absolute Gasteiger partial charge is 0.229 e. The molecule has 0 unspecified atom stereocenters. The lowest BCUT2D eigenvalue weighted by atomic mass is 10.1. The molecule has 1 atom stereocenters. The van der Waals surface area contributed by atoms with Crippen LogP contribution in [-0.2, 0) is 4.79 Å². The lowest BCUT2D eigenvalue weighted by Gasteiger charge is -2.29. The molecule has 0 aliphatic carbocycles. The van der Waals surface area contributed by atoms with Crippen molar-refractivity contribution in [3.05, 3.63) is 36.3 Å². The van der Waals surface area contributed by atoms with E-state index in [-0.39, 0.29) is 12.5 Å². The summed E-state index contributed by atoms with van der Waals surface area (Å²) in [4.78, 5) is 37.2. The molecule has 5 rings (SSSR count). The van der Waals surface area contributed by atoms with Crippen LogP contribution in [0.4, 0.5) is 23.3 Å². The molecule has 196 valence electrons. The quantitative estimate of drug-likeness (QED) is 0.438. The number of piperidine rings is 1. The van der Waals surface area contributed by atoms with Crippen LogP contribution < -0.4 is 15.1 Å². The van der Waals surface area contributed by atoms with E-state index in [1.54, 1.807) is 24.2 Å². The normalized spacial score (nSPS) is 18.2. The Morgan fingerprint density at radius 2 is 1.86 bits per heavy atom. The predicted octanol–water partition coefficient (Wildman–Crippen LogP) is 2.24. The molecule has 0 saturated carbocycles. The molecule has 0 bridgehead atoms. The van der Waals surface area contributed by atoms with Crippen LogP contribution in [0.3, 0.4) is 0 Å². The number of aromatic nitrogens is 4. The first-order valence-electron chi connectivity index (χ1n) is 13.0. The van der Waals surface area contributed by atoms with Gasteiger partial charge in [-0.1, -0.05) is 0 Å². The minimum absolute atomic E-state index is 0.0510. The van der Waals surface area contributed by atoms with Crippen molar-refractivity contribution in [1.82, 2.24) is 24.8 Å². The van der Waals surface area contributed by atoms with Crippen LogP contribution in [0.2, 0.25) is 0 Å². The zero-order chi connectivity index (χ0) is 25.8. The molecular weight excluding hydrogens is 472 g/mol. The lowest BCUT2D eigenvalue weighted by molar-refractivity contribution is -0.118. The van der Waals surface area contributed by atoms with E-state index in [4.69, 9.17) is 9.97 Å². The Bertz CT molecular complexity index is 1230. The number of hydrogen-bond donors (Lipinski definition) is 3. The molecular formula is C26H34N8O3. The molecule has 2 saturated heterocycles. The Kier molecular flexibility index (Phi) is 7.73. The van der Waals surface area contributed by atoms with Gasteiger partial charge in [0.05, 0.1) is 30.3 Å². The Hall–Kier alpha value is -3.41. The van der Waals surface area contributed by atoms with Gasteiger partial charge in [-0.05, 0) is 44.4 Å². The van der Waals surface area contributed by atoms with Crippen LogP contribution in [0.1, 0.15) is 44.4 Å². The van der Waals surface area contributed by atoms with E-state index in [0.29, 0.717) is 50.1 Å². The van der Waals surface area contributed by atoms with Crippen LogP contribution in [0.15, 0.2) is 30.6 Å². The van der Waals surface area contributed by atoms with Gasteiger partial charge in [-0.3, -0.25) is 9.69 Å². The van der Waals surface area contributed by atoms with Gasteiger partial charge in [0.25, 0.3) is 0 Å².